The Hall–Kier alpha value is -4.51. The van der Waals surface area contributed by atoms with E-state index in [1.54, 1.807) is 18.7 Å². The van der Waals surface area contributed by atoms with Crippen LogP contribution in [0.25, 0.3) is 33.8 Å². The average Bonchev–Trinajstić information content (AvgIpc) is 3.63. The first-order chi connectivity index (χ1) is 18.5. The van der Waals surface area contributed by atoms with E-state index in [1.165, 1.54) is 0 Å². The number of aromatic nitrogens is 8. The Morgan fingerprint density at radius 2 is 1.89 bits per heavy atom. The number of carbonyl (C=O) groups excluding carboxylic acids is 1. The van der Waals surface area contributed by atoms with Gasteiger partial charge in [0.15, 0.2) is 5.65 Å². The van der Waals surface area contributed by atoms with Crippen molar-refractivity contribution >= 4 is 22.8 Å². The minimum atomic E-state index is -0.819. The van der Waals surface area contributed by atoms with Crippen LogP contribution in [0.2, 0.25) is 0 Å². The number of benzene rings is 1. The molecule has 0 saturated heterocycles. The number of anilines is 1. The standard InChI is InChI=1S/C27H26N10O/c1-4-36-24(18-12-28-16(2)29-13-18)34-23-22(30-15-31-25(23)36)17-5-6-21-20(11-17)27(3,26(38)33-21)35-9-10-37-19(14-35)7-8-32-37/h5-8,11-13,15H,4,9-10,14H2,1-3H3,(H,33,38)/t27-/m0/s1. The molecular weight excluding hydrogens is 480 g/mol. The molecule has 7 rings (SSSR count). The fourth-order valence-electron chi connectivity index (χ4n) is 5.63. The van der Waals surface area contributed by atoms with Crippen LogP contribution in [0, 0.1) is 6.92 Å². The molecule has 0 unspecified atom stereocenters. The van der Waals surface area contributed by atoms with Crippen LogP contribution in [-0.2, 0) is 30.0 Å². The number of aryl methyl sites for hydroxylation is 2. The summed E-state index contributed by atoms with van der Waals surface area (Å²) in [4.78, 5) is 38.5. The highest BCUT2D eigenvalue weighted by molar-refractivity contribution is 6.06. The van der Waals surface area contributed by atoms with Crippen molar-refractivity contribution in [1.29, 1.82) is 0 Å². The van der Waals surface area contributed by atoms with Crippen molar-refractivity contribution < 1.29 is 4.79 Å². The van der Waals surface area contributed by atoms with E-state index in [2.05, 4.69) is 48.2 Å². The number of rotatable bonds is 4. The number of carbonyl (C=O) groups is 1. The van der Waals surface area contributed by atoms with Gasteiger partial charge >= 0.3 is 0 Å². The molecule has 1 atom stereocenters. The van der Waals surface area contributed by atoms with Gasteiger partial charge in [-0.15, -0.1) is 0 Å². The van der Waals surface area contributed by atoms with Crippen molar-refractivity contribution in [3.8, 4) is 22.6 Å². The maximum Gasteiger partial charge on any atom is 0.249 e. The van der Waals surface area contributed by atoms with Gasteiger partial charge in [-0.3, -0.25) is 14.4 Å². The second-order valence-corrected chi connectivity index (χ2v) is 9.85. The van der Waals surface area contributed by atoms with Gasteiger partial charge in [0.2, 0.25) is 5.91 Å². The highest BCUT2D eigenvalue weighted by atomic mass is 16.2. The molecule has 1 amide bonds. The van der Waals surface area contributed by atoms with E-state index in [9.17, 15) is 4.79 Å². The Kier molecular flexibility index (Phi) is 4.92. The summed E-state index contributed by atoms with van der Waals surface area (Å²) in [6.45, 7) is 8.72. The molecule has 2 aliphatic rings. The summed E-state index contributed by atoms with van der Waals surface area (Å²) in [6, 6.07) is 8.03. The number of hydrogen-bond donors (Lipinski definition) is 1. The minimum Gasteiger partial charge on any atom is -0.324 e. The fraction of sp³-hybridized carbons (Fsp3) is 0.296. The third-order valence-electron chi connectivity index (χ3n) is 7.77. The summed E-state index contributed by atoms with van der Waals surface area (Å²) in [6.07, 6.45) is 6.95. The molecule has 1 N–H and O–H groups in total. The molecule has 5 aromatic rings. The maximum atomic E-state index is 13.4. The zero-order chi connectivity index (χ0) is 26.0. The van der Waals surface area contributed by atoms with Crippen LogP contribution in [0.5, 0.6) is 0 Å². The van der Waals surface area contributed by atoms with Crippen LogP contribution >= 0.6 is 0 Å². The number of nitrogens with zero attached hydrogens (tertiary/aromatic N) is 9. The zero-order valence-electron chi connectivity index (χ0n) is 21.4. The highest BCUT2D eigenvalue weighted by Gasteiger charge is 2.48. The highest BCUT2D eigenvalue weighted by Crippen LogP contribution is 2.43. The van der Waals surface area contributed by atoms with Crippen molar-refractivity contribution in [2.45, 2.75) is 45.9 Å². The van der Waals surface area contributed by atoms with Gasteiger partial charge in [0.1, 0.15) is 34.7 Å². The zero-order valence-corrected chi connectivity index (χ0v) is 21.4. The summed E-state index contributed by atoms with van der Waals surface area (Å²) < 4.78 is 4.05. The monoisotopic (exact) mass is 506 g/mol. The lowest BCUT2D eigenvalue weighted by atomic mass is 9.89. The Labute approximate surface area is 218 Å². The number of hydrogen-bond acceptors (Lipinski definition) is 8. The summed E-state index contributed by atoms with van der Waals surface area (Å²) in [5, 5.41) is 7.49. The average molecular weight is 507 g/mol. The summed E-state index contributed by atoms with van der Waals surface area (Å²) >= 11 is 0. The van der Waals surface area contributed by atoms with E-state index in [4.69, 9.17) is 4.98 Å². The molecule has 0 fully saturated rings. The lowest BCUT2D eigenvalue weighted by Gasteiger charge is -2.39. The Morgan fingerprint density at radius 3 is 2.71 bits per heavy atom. The van der Waals surface area contributed by atoms with Crippen LogP contribution in [0.1, 0.15) is 30.9 Å². The van der Waals surface area contributed by atoms with Gasteiger partial charge in [0.25, 0.3) is 0 Å². The van der Waals surface area contributed by atoms with Gasteiger partial charge in [-0.25, -0.2) is 24.9 Å². The van der Waals surface area contributed by atoms with Gasteiger partial charge in [-0.2, -0.15) is 5.10 Å². The van der Waals surface area contributed by atoms with Crippen LogP contribution in [0.15, 0.2) is 49.2 Å². The first-order valence-corrected chi connectivity index (χ1v) is 12.7. The molecule has 0 saturated carbocycles. The smallest absolute Gasteiger partial charge is 0.249 e. The normalized spacial score (nSPS) is 19.0. The predicted octanol–water partition coefficient (Wildman–Crippen LogP) is 3.16. The van der Waals surface area contributed by atoms with Crippen molar-refractivity contribution in [2.24, 2.45) is 0 Å². The van der Waals surface area contributed by atoms with Gasteiger partial charge in [-0.05, 0) is 39.0 Å². The second kappa shape index (κ2) is 8.25. The minimum absolute atomic E-state index is 0.0256. The van der Waals surface area contributed by atoms with Gasteiger partial charge in [0, 0.05) is 55.0 Å². The van der Waals surface area contributed by atoms with Crippen molar-refractivity contribution in [3.05, 3.63) is 66.3 Å². The van der Waals surface area contributed by atoms with Gasteiger partial charge < -0.3 is 9.88 Å². The van der Waals surface area contributed by atoms with Crippen LogP contribution < -0.4 is 5.32 Å². The van der Waals surface area contributed by atoms with E-state index in [0.29, 0.717) is 24.4 Å². The van der Waals surface area contributed by atoms with Crippen LogP contribution in [0.3, 0.4) is 0 Å². The van der Waals surface area contributed by atoms with Gasteiger partial charge in [-0.1, -0.05) is 6.07 Å². The largest absolute Gasteiger partial charge is 0.324 e. The summed E-state index contributed by atoms with van der Waals surface area (Å²) in [7, 11) is 0. The molecule has 0 radical (unpaired) electrons. The van der Waals surface area contributed by atoms with Crippen LogP contribution in [-0.4, -0.2) is 56.6 Å². The van der Waals surface area contributed by atoms with Crippen molar-refractivity contribution in [2.75, 3.05) is 11.9 Å². The van der Waals surface area contributed by atoms with Gasteiger partial charge in [0.05, 0.1) is 17.8 Å². The molecule has 38 heavy (non-hydrogen) atoms. The predicted molar refractivity (Wildman–Crippen MR) is 141 cm³/mol. The third-order valence-corrected chi connectivity index (χ3v) is 7.77. The molecule has 190 valence electrons. The summed E-state index contributed by atoms with van der Waals surface area (Å²) in [5.41, 5.74) is 5.91. The Balaban J connectivity index is 1.35. The topological polar surface area (TPSA) is 120 Å². The van der Waals surface area contributed by atoms with Crippen molar-refractivity contribution in [1.82, 2.24) is 44.2 Å². The Morgan fingerprint density at radius 1 is 1.05 bits per heavy atom. The number of nitrogens with one attached hydrogen (secondary N) is 1. The lowest BCUT2D eigenvalue weighted by Crippen LogP contribution is -2.51. The first kappa shape index (κ1) is 22.7. The van der Waals surface area contributed by atoms with E-state index < -0.39 is 5.54 Å². The van der Waals surface area contributed by atoms with E-state index >= 15 is 0 Å². The molecular formula is C27H26N10O. The lowest BCUT2D eigenvalue weighted by molar-refractivity contribution is -0.128. The molecule has 11 heteroatoms. The second-order valence-electron chi connectivity index (χ2n) is 9.85. The van der Waals surface area contributed by atoms with E-state index in [0.717, 1.165) is 58.3 Å². The first-order valence-electron chi connectivity index (χ1n) is 12.7. The molecule has 1 aromatic carbocycles. The molecule has 11 nitrogen and oxygen atoms in total. The molecule has 0 spiro atoms. The number of imidazole rings is 1. The number of fused-ring (bicyclic) bond motifs is 3. The SMILES string of the molecule is CCn1c(-c2cnc(C)nc2)nc2c(-c3ccc4c(c3)[C@](C)(N3CCn5nccc5C3)C(=O)N4)ncnc21. The third kappa shape index (κ3) is 3.21. The van der Waals surface area contributed by atoms with Crippen LogP contribution in [0.4, 0.5) is 5.69 Å². The van der Waals surface area contributed by atoms with Crippen molar-refractivity contribution in [3.63, 3.8) is 0 Å². The van der Waals surface area contributed by atoms with E-state index in [1.807, 2.05) is 47.5 Å². The quantitative estimate of drug-likeness (QED) is 0.395. The number of amides is 1. The molecule has 6 heterocycles. The fourth-order valence-corrected chi connectivity index (χ4v) is 5.63. The molecule has 4 aromatic heterocycles. The summed E-state index contributed by atoms with van der Waals surface area (Å²) in [5.74, 6) is 1.43. The maximum absolute atomic E-state index is 13.4. The molecule has 0 aliphatic carbocycles. The Bertz CT molecular complexity index is 1720. The molecule has 2 aliphatic heterocycles. The van der Waals surface area contributed by atoms with E-state index in [-0.39, 0.29) is 5.91 Å². The molecule has 0 bridgehead atoms.